The molecule has 4 nitrogen and oxygen atoms in total. The van der Waals surface area contributed by atoms with E-state index in [2.05, 4.69) is 9.97 Å². The van der Waals surface area contributed by atoms with E-state index in [1.165, 1.54) is 12.3 Å². The molecule has 0 aliphatic heterocycles. The lowest BCUT2D eigenvalue weighted by atomic mass is 10.1. The number of nitriles is 1. The summed E-state index contributed by atoms with van der Waals surface area (Å²) in [6, 6.07) is 4.80. The minimum atomic E-state index is -0.770. The number of hydrogen-bond donors (Lipinski definition) is 1. The van der Waals surface area contributed by atoms with Gasteiger partial charge in [0.2, 0.25) is 0 Å². The maximum absolute atomic E-state index is 13.5. The van der Waals surface area contributed by atoms with Gasteiger partial charge in [-0.25, -0.2) is 18.7 Å². The van der Waals surface area contributed by atoms with Gasteiger partial charge < -0.3 is 5.73 Å². The molecular weight excluding hydrogens is 226 g/mol. The summed E-state index contributed by atoms with van der Waals surface area (Å²) in [4.78, 5) is 7.56. The number of nitrogens with zero attached hydrogens (tertiary/aromatic N) is 3. The van der Waals surface area contributed by atoms with E-state index in [4.69, 9.17) is 11.0 Å². The summed E-state index contributed by atoms with van der Waals surface area (Å²) in [6.07, 6.45) is 1.23. The molecule has 1 aromatic carbocycles. The number of nitrogens with two attached hydrogens (primary N) is 1. The minimum Gasteiger partial charge on any atom is -0.381 e. The molecule has 0 aliphatic carbocycles. The number of rotatable bonds is 1. The van der Waals surface area contributed by atoms with Crippen LogP contribution in [0.1, 0.15) is 5.69 Å². The average Bonchev–Trinajstić information content (AvgIpc) is 2.30. The molecule has 2 aromatic rings. The number of nitrogen functional groups attached to an aromatic ring is 1. The molecule has 2 N–H and O–H groups in total. The summed E-state index contributed by atoms with van der Waals surface area (Å²) in [5.74, 6) is -1.48. The Morgan fingerprint density at radius 3 is 2.71 bits per heavy atom. The highest BCUT2D eigenvalue weighted by molar-refractivity contribution is 5.61. The Morgan fingerprint density at radius 2 is 2.06 bits per heavy atom. The second kappa shape index (κ2) is 4.14. The molecule has 17 heavy (non-hydrogen) atoms. The van der Waals surface area contributed by atoms with Crippen LogP contribution in [-0.2, 0) is 0 Å². The molecule has 6 heteroatoms. The van der Waals surface area contributed by atoms with E-state index in [-0.39, 0.29) is 22.8 Å². The number of anilines is 1. The highest BCUT2D eigenvalue weighted by Crippen LogP contribution is 2.22. The molecule has 84 valence electrons. The summed E-state index contributed by atoms with van der Waals surface area (Å²) in [5, 5.41) is 8.72. The van der Waals surface area contributed by atoms with Crippen LogP contribution in [0.5, 0.6) is 0 Å². The fourth-order valence-electron chi connectivity index (χ4n) is 1.31. The molecule has 0 saturated heterocycles. The zero-order valence-corrected chi connectivity index (χ0v) is 8.48. The third-order valence-corrected chi connectivity index (χ3v) is 2.11. The second-order valence-electron chi connectivity index (χ2n) is 3.23. The molecule has 1 heterocycles. The summed E-state index contributed by atoms with van der Waals surface area (Å²) in [5.41, 5.74) is 5.50. The number of hydrogen-bond acceptors (Lipinski definition) is 4. The van der Waals surface area contributed by atoms with Crippen LogP contribution in [0.3, 0.4) is 0 Å². The van der Waals surface area contributed by atoms with Gasteiger partial charge >= 0.3 is 0 Å². The van der Waals surface area contributed by atoms with Gasteiger partial charge in [0, 0.05) is 11.6 Å². The highest BCUT2D eigenvalue weighted by Gasteiger charge is 2.10. The first-order valence-electron chi connectivity index (χ1n) is 4.60. The Bertz CT molecular complexity index is 619. The SMILES string of the molecule is N#Cc1nc(-c2ccc(F)cc2F)cnc1N. The molecule has 1 aromatic heterocycles. The van der Waals surface area contributed by atoms with Crippen LogP contribution in [-0.4, -0.2) is 9.97 Å². The van der Waals surface area contributed by atoms with Crippen molar-refractivity contribution in [1.82, 2.24) is 9.97 Å². The van der Waals surface area contributed by atoms with Gasteiger partial charge in [-0.15, -0.1) is 0 Å². The van der Waals surface area contributed by atoms with E-state index in [1.54, 1.807) is 6.07 Å². The number of halogens is 2. The predicted octanol–water partition coefficient (Wildman–Crippen LogP) is 1.88. The van der Waals surface area contributed by atoms with Crippen molar-refractivity contribution in [3.63, 3.8) is 0 Å². The Labute approximate surface area is 95.4 Å². The number of aromatic nitrogens is 2. The van der Waals surface area contributed by atoms with Crippen molar-refractivity contribution in [2.75, 3.05) is 5.73 Å². The van der Waals surface area contributed by atoms with Crippen molar-refractivity contribution < 1.29 is 8.78 Å². The van der Waals surface area contributed by atoms with E-state index < -0.39 is 11.6 Å². The average molecular weight is 232 g/mol. The van der Waals surface area contributed by atoms with Crippen LogP contribution >= 0.6 is 0 Å². The smallest absolute Gasteiger partial charge is 0.183 e. The van der Waals surface area contributed by atoms with E-state index in [1.807, 2.05) is 0 Å². The normalized spacial score (nSPS) is 9.94. The molecule has 0 aliphatic rings. The van der Waals surface area contributed by atoms with Gasteiger partial charge in [-0.05, 0) is 12.1 Å². The van der Waals surface area contributed by atoms with Gasteiger partial charge in [0.15, 0.2) is 11.5 Å². The third kappa shape index (κ3) is 2.03. The van der Waals surface area contributed by atoms with Crippen LogP contribution in [0.4, 0.5) is 14.6 Å². The molecular formula is C11H6F2N4. The molecule has 0 unspecified atom stereocenters. The zero-order valence-electron chi connectivity index (χ0n) is 8.48. The first-order valence-corrected chi connectivity index (χ1v) is 4.60. The standard InChI is InChI=1S/C11H6F2N4/c12-6-1-2-7(8(13)3-6)10-5-16-11(15)9(4-14)17-10/h1-3,5H,(H2,15,16). The zero-order chi connectivity index (χ0) is 12.4. The van der Waals surface area contributed by atoms with Gasteiger partial charge in [-0.2, -0.15) is 5.26 Å². The number of benzene rings is 1. The molecule has 0 amide bonds. The van der Waals surface area contributed by atoms with Crippen molar-refractivity contribution in [3.8, 4) is 17.3 Å². The lowest BCUT2D eigenvalue weighted by Gasteiger charge is -2.03. The molecule has 0 atom stereocenters. The first-order chi connectivity index (χ1) is 8.11. The lowest BCUT2D eigenvalue weighted by molar-refractivity contribution is 0.585. The van der Waals surface area contributed by atoms with Crippen molar-refractivity contribution in [1.29, 1.82) is 5.26 Å². The van der Waals surface area contributed by atoms with Gasteiger partial charge in [-0.3, -0.25) is 0 Å². The van der Waals surface area contributed by atoms with E-state index in [0.29, 0.717) is 0 Å². The minimum absolute atomic E-state index is 0.0289. The Hall–Kier alpha value is -2.55. The Morgan fingerprint density at radius 1 is 1.29 bits per heavy atom. The van der Waals surface area contributed by atoms with Crippen molar-refractivity contribution >= 4 is 5.82 Å². The second-order valence-corrected chi connectivity index (χ2v) is 3.23. The first kappa shape index (κ1) is 11.0. The summed E-state index contributed by atoms with van der Waals surface area (Å²) in [7, 11) is 0. The van der Waals surface area contributed by atoms with E-state index >= 15 is 0 Å². The fraction of sp³-hybridized carbons (Fsp3) is 0. The maximum atomic E-state index is 13.5. The Balaban J connectivity index is 2.58. The Kier molecular flexibility index (Phi) is 2.66. The molecule has 0 saturated carbocycles. The van der Waals surface area contributed by atoms with Crippen molar-refractivity contribution in [3.05, 3.63) is 41.7 Å². The molecule has 2 rings (SSSR count). The highest BCUT2D eigenvalue weighted by atomic mass is 19.1. The lowest BCUT2D eigenvalue weighted by Crippen LogP contribution is -2.00. The van der Waals surface area contributed by atoms with Gasteiger partial charge in [0.05, 0.1) is 11.9 Å². The van der Waals surface area contributed by atoms with E-state index in [9.17, 15) is 8.78 Å². The largest absolute Gasteiger partial charge is 0.381 e. The van der Waals surface area contributed by atoms with Gasteiger partial charge in [0.1, 0.15) is 17.7 Å². The predicted molar refractivity (Wildman–Crippen MR) is 56.5 cm³/mol. The molecule has 0 bridgehead atoms. The third-order valence-electron chi connectivity index (χ3n) is 2.11. The summed E-state index contributed by atoms with van der Waals surface area (Å²) < 4.78 is 26.2. The monoisotopic (exact) mass is 232 g/mol. The molecule has 0 spiro atoms. The van der Waals surface area contributed by atoms with Crippen LogP contribution in [0.25, 0.3) is 11.3 Å². The molecule has 0 radical (unpaired) electrons. The summed E-state index contributed by atoms with van der Waals surface area (Å²) in [6.45, 7) is 0. The van der Waals surface area contributed by atoms with Crippen LogP contribution in [0.2, 0.25) is 0 Å². The van der Waals surface area contributed by atoms with Gasteiger partial charge in [0.25, 0.3) is 0 Å². The molecule has 0 fully saturated rings. The van der Waals surface area contributed by atoms with E-state index in [0.717, 1.165) is 12.1 Å². The quantitative estimate of drug-likeness (QED) is 0.814. The van der Waals surface area contributed by atoms with Crippen LogP contribution in [0.15, 0.2) is 24.4 Å². The maximum Gasteiger partial charge on any atom is 0.183 e. The fourth-order valence-corrected chi connectivity index (χ4v) is 1.31. The summed E-state index contributed by atoms with van der Waals surface area (Å²) >= 11 is 0. The van der Waals surface area contributed by atoms with Crippen LogP contribution in [0, 0.1) is 23.0 Å². The van der Waals surface area contributed by atoms with Crippen molar-refractivity contribution in [2.24, 2.45) is 0 Å². The topological polar surface area (TPSA) is 75.6 Å². The van der Waals surface area contributed by atoms with Crippen molar-refractivity contribution in [2.45, 2.75) is 0 Å². The van der Waals surface area contributed by atoms with Crippen LogP contribution < -0.4 is 5.73 Å². The van der Waals surface area contributed by atoms with Gasteiger partial charge in [-0.1, -0.05) is 0 Å².